The number of methoxy groups -OCH3 is 1. The molecule has 1 aliphatic heterocycles. The van der Waals surface area contributed by atoms with Crippen LogP contribution in [0.4, 0.5) is 16.2 Å². The van der Waals surface area contributed by atoms with Crippen LogP contribution in [0.5, 0.6) is 5.75 Å². The van der Waals surface area contributed by atoms with Crippen molar-refractivity contribution in [1.29, 1.82) is 0 Å². The van der Waals surface area contributed by atoms with Gasteiger partial charge in [0.25, 0.3) is 0 Å². The lowest BCUT2D eigenvalue weighted by Crippen LogP contribution is -2.39. The van der Waals surface area contributed by atoms with Gasteiger partial charge < -0.3 is 10.1 Å². The molecule has 0 aliphatic carbocycles. The fraction of sp³-hybridized carbons (Fsp3) is 0.316. The number of urea groups is 1. The van der Waals surface area contributed by atoms with Gasteiger partial charge in [-0.3, -0.25) is 4.90 Å². The Morgan fingerprint density at radius 3 is 2.44 bits per heavy atom. The molecule has 1 unspecified atom stereocenters. The van der Waals surface area contributed by atoms with Crippen molar-refractivity contribution >= 4 is 27.4 Å². The fourth-order valence-electron chi connectivity index (χ4n) is 3.15. The number of carbonyl (C=O) groups excluding carboxylic acids is 1. The van der Waals surface area contributed by atoms with Crippen molar-refractivity contribution in [3.05, 3.63) is 48.0 Å². The minimum absolute atomic E-state index is 0.0736. The Labute approximate surface area is 159 Å². The van der Waals surface area contributed by atoms with Crippen molar-refractivity contribution in [3.8, 4) is 5.75 Å². The maximum Gasteiger partial charge on any atom is 0.326 e. The van der Waals surface area contributed by atoms with E-state index in [1.54, 1.807) is 54.5 Å². The molecule has 0 radical (unpaired) electrons. The van der Waals surface area contributed by atoms with Crippen molar-refractivity contribution in [3.63, 3.8) is 0 Å². The molecule has 3 rings (SSSR count). The van der Waals surface area contributed by atoms with Crippen molar-refractivity contribution in [2.75, 3.05) is 31.4 Å². The number of anilines is 2. The lowest BCUT2D eigenvalue weighted by molar-refractivity contribution is 0.256. The molecule has 8 heteroatoms. The SMILES string of the molecule is COc1ccc(NC(=O)N2c3ccc(S(=O)(=O)N(C)C)cc3CC2C)cc1. The normalized spacial score (nSPS) is 16.3. The van der Waals surface area contributed by atoms with Gasteiger partial charge in [0.2, 0.25) is 10.0 Å². The third kappa shape index (κ3) is 3.63. The van der Waals surface area contributed by atoms with Crippen molar-refractivity contribution in [2.45, 2.75) is 24.3 Å². The standard InChI is InChI=1S/C19H23N3O4S/c1-13-11-14-12-17(27(24,25)21(2)3)9-10-18(14)22(13)19(23)20-15-5-7-16(26-4)8-6-15/h5-10,12-13H,11H2,1-4H3,(H,20,23). The Morgan fingerprint density at radius 1 is 1.19 bits per heavy atom. The minimum atomic E-state index is -3.51. The number of fused-ring (bicyclic) bond motifs is 1. The van der Waals surface area contributed by atoms with Crippen LogP contribution in [0.1, 0.15) is 12.5 Å². The Kier molecular flexibility index (Phi) is 5.12. The first-order chi connectivity index (χ1) is 12.7. The van der Waals surface area contributed by atoms with Gasteiger partial charge in [0, 0.05) is 31.5 Å². The predicted octanol–water partition coefficient (Wildman–Crippen LogP) is 2.93. The molecule has 0 saturated heterocycles. The number of nitrogens with zero attached hydrogens (tertiary/aromatic N) is 2. The number of amides is 2. The number of nitrogens with one attached hydrogen (secondary N) is 1. The molecule has 1 heterocycles. The average Bonchev–Trinajstić information content (AvgIpc) is 2.97. The molecule has 0 spiro atoms. The molecule has 0 bridgehead atoms. The first-order valence-corrected chi connectivity index (χ1v) is 9.97. The summed E-state index contributed by atoms with van der Waals surface area (Å²) in [5.74, 6) is 0.711. The first-order valence-electron chi connectivity index (χ1n) is 8.53. The van der Waals surface area contributed by atoms with Gasteiger partial charge in [0.05, 0.1) is 12.0 Å². The van der Waals surface area contributed by atoms with Gasteiger partial charge >= 0.3 is 6.03 Å². The molecule has 0 fully saturated rings. The fourth-order valence-corrected chi connectivity index (χ4v) is 4.10. The third-order valence-corrected chi connectivity index (χ3v) is 6.42. The van der Waals surface area contributed by atoms with Crippen LogP contribution in [0, 0.1) is 0 Å². The van der Waals surface area contributed by atoms with E-state index in [0.717, 1.165) is 11.3 Å². The molecular formula is C19H23N3O4S. The smallest absolute Gasteiger partial charge is 0.326 e. The second-order valence-electron chi connectivity index (χ2n) is 6.66. The van der Waals surface area contributed by atoms with Crippen molar-refractivity contribution in [2.24, 2.45) is 0 Å². The molecule has 2 aromatic carbocycles. The molecule has 0 aromatic heterocycles. The number of rotatable bonds is 4. The van der Waals surface area contributed by atoms with Gasteiger partial charge in [-0.05, 0) is 61.4 Å². The van der Waals surface area contributed by atoms with Crippen LogP contribution in [0.25, 0.3) is 0 Å². The maximum absolute atomic E-state index is 12.8. The Bertz CT molecular complexity index is 955. The van der Waals surface area contributed by atoms with E-state index in [2.05, 4.69) is 5.32 Å². The van der Waals surface area contributed by atoms with Gasteiger partial charge in [-0.15, -0.1) is 0 Å². The monoisotopic (exact) mass is 389 g/mol. The number of hydrogen-bond acceptors (Lipinski definition) is 4. The summed E-state index contributed by atoms with van der Waals surface area (Å²) in [4.78, 5) is 14.7. The summed E-state index contributed by atoms with van der Waals surface area (Å²) in [7, 11) is 1.08. The summed E-state index contributed by atoms with van der Waals surface area (Å²) >= 11 is 0. The molecule has 2 aromatic rings. The van der Waals surface area contributed by atoms with E-state index in [1.165, 1.54) is 18.4 Å². The zero-order valence-electron chi connectivity index (χ0n) is 15.8. The molecular weight excluding hydrogens is 366 g/mol. The molecule has 7 nitrogen and oxygen atoms in total. The van der Waals surface area contributed by atoms with E-state index in [9.17, 15) is 13.2 Å². The van der Waals surface area contributed by atoms with E-state index < -0.39 is 10.0 Å². The zero-order valence-corrected chi connectivity index (χ0v) is 16.6. The highest BCUT2D eigenvalue weighted by atomic mass is 32.2. The molecule has 2 amide bonds. The number of carbonyl (C=O) groups is 1. The van der Waals surface area contributed by atoms with E-state index in [-0.39, 0.29) is 17.0 Å². The van der Waals surface area contributed by atoms with Gasteiger partial charge in [-0.1, -0.05) is 0 Å². The lowest BCUT2D eigenvalue weighted by atomic mass is 10.1. The van der Waals surface area contributed by atoms with E-state index >= 15 is 0 Å². The summed E-state index contributed by atoms with van der Waals surface area (Å²) in [5.41, 5.74) is 2.23. The molecule has 0 saturated carbocycles. The number of benzene rings is 2. The van der Waals surface area contributed by atoms with Crippen LogP contribution in [0.2, 0.25) is 0 Å². The Hall–Kier alpha value is -2.58. The highest BCUT2D eigenvalue weighted by Gasteiger charge is 2.32. The second-order valence-corrected chi connectivity index (χ2v) is 8.81. The van der Waals surface area contributed by atoms with Crippen LogP contribution in [0.15, 0.2) is 47.4 Å². The van der Waals surface area contributed by atoms with Crippen LogP contribution < -0.4 is 15.0 Å². The molecule has 1 atom stereocenters. The highest BCUT2D eigenvalue weighted by molar-refractivity contribution is 7.89. The number of sulfonamides is 1. The summed E-state index contributed by atoms with van der Waals surface area (Å²) in [6, 6.07) is 11.6. The van der Waals surface area contributed by atoms with Gasteiger partial charge in [-0.25, -0.2) is 17.5 Å². The average molecular weight is 389 g/mol. The number of ether oxygens (including phenoxy) is 1. The molecule has 27 heavy (non-hydrogen) atoms. The Balaban J connectivity index is 1.85. The van der Waals surface area contributed by atoms with E-state index in [4.69, 9.17) is 4.74 Å². The summed E-state index contributed by atoms with van der Waals surface area (Å²) in [6.45, 7) is 1.94. The van der Waals surface area contributed by atoms with Gasteiger partial charge in [0.1, 0.15) is 5.75 Å². The zero-order chi connectivity index (χ0) is 19.8. The van der Waals surface area contributed by atoms with Crippen molar-refractivity contribution in [1.82, 2.24) is 4.31 Å². The quantitative estimate of drug-likeness (QED) is 0.872. The lowest BCUT2D eigenvalue weighted by Gasteiger charge is -2.23. The Morgan fingerprint density at radius 2 is 1.85 bits per heavy atom. The molecule has 1 aliphatic rings. The summed E-state index contributed by atoms with van der Waals surface area (Å²) < 4.78 is 31.0. The summed E-state index contributed by atoms with van der Waals surface area (Å²) in [5, 5.41) is 2.87. The van der Waals surface area contributed by atoms with E-state index in [0.29, 0.717) is 17.9 Å². The predicted molar refractivity (Wildman–Crippen MR) is 105 cm³/mol. The van der Waals surface area contributed by atoms with Crippen LogP contribution in [0.3, 0.4) is 0 Å². The largest absolute Gasteiger partial charge is 0.497 e. The maximum atomic E-state index is 12.8. The topological polar surface area (TPSA) is 79.0 Å². The first kappa shape index (κ1) is 19.2. The van der Waals surface area contributed by atoms with Crippen LogP contribution >= 0.6 is 0 Å². The summed E-state index contributed by atoms with van der Waals surface area (Å²) in [6.07, 6.45) is 0.599. The van der Waals surface area contributed by atoms with Crippen molar-refractivity contribution < 1.29 is 17.9 Å². The minimum Gasteiger partial charge on any atom is -0.497 e. The second kappa shape index (κ2) is 7.21. The molecule has 1 N–H and O–H groups in total. The van der Waals surface area contributed by atoms with Crippen LogP contribution in [-0.4, -0.2) is 46.0 Å². The highest BCUT2D eigenvalue weighted by Crippen LogP contribution is 2.34. The van der Waals surface area contributed by atoms with Crippen LogP contribution in [-0.2, 0) is 16.4 Å². The third-order valence-electron chi connectivity index (χ3n) is 4.61. The van der Waals surface area contributed by atoms with Gasteiger partial charge in [0.15, 0.2) is 0 Å². The molecule has 144 valence electrons. The number of hydrogen-bond donors (Lipinski definition) is 1. The van der Waals surface area contributed by atoms with E-state index in [1.807, 2.05) is 6.92 Å². The van der Waals surface area contributed by atoms with Gasteiger partial charge in [-0.2, -0.15) is 0 Å².